The number of methoxy groups -OCH3 is 2. The lowest BCUT2D eigenvalue weighted by molar-refractivity contribution is -0.162. The number of nitrogens with one attached hydrogen (secondary N) is 2. The Hall–Kier alpha value is -4.96. The van der Waals surface area contributed by atoms with E-state index in [1.165, 1.54) is 38.0 Å². The monoisotopic (exact) mass is 1160 g/mol. The Labute approximate surface area is 479 Å². The number of likely N-dealkylation sites (N-methyl/N-ethyl adjacent to an activating group) is 1. The van der Waals surface area contributed by atoms with Gasteiger partial charge in [0.1, 0.15) is 40.7 Å². The molecule has 21 nitrogen and oxygen atoms in total. The van der Waals surface area contributed by atoms with E-state index in [1.54, 1.807) is 45.2 Å². The van der Waals surface area contributed by atoms with Crippen molar-refractivity contribution in [3.05, 3.63) is 46.5 Å². The first kappa shape index (κ1) is 64.2. The first-order valence-electron chi connectivity index (χ1n) is 27.5. The van der Waals surface area contributed by atoms with Crippen LogP contribution < -0.4 is 20.3 Å². The van der Waals surface area contributed by atoms with E-state index in [0.717, 1.165) is 48.6 Å². The summed E-state index contributed by atoms with van der Waals surface area (Å²) in [5, 5.41) is 17.1. The van der Waals surface area contributed by atoms with Gasteiger partial charge in [-0.25, -0.2) is 14.4 Å². The molecule has 3 aliphatic heterocycles. The van der Waals surface area contributed by atoms with Crippen molar-refractivity contribution in [2.75, 3.05) is 105 Å². The van der Waals surface area contributed by atoms with Crippen LogP contribution in [0.1, 0.15) is 84.6 Å². The van der Waals surface area contributed by atoms with Gasteiger partial charge >= 0.3 is 18.2 Å². The summed E-state index contributed by atoms with van der Waals surface area (Å²) in [6.07, 6.45) is 4.18. The summed E-state index contributed by atoms with van der Waals surface area (Å²) in [6.45, 7) is 10.2. The van der Waals surface area contributed by atoms with Gasteiger partial charge in [0.05, 0.1) is 84.8 Å². The molecule has 11 atom stereocenters. The zero-order valence-corrected chi connectivity index (χ0v) is 49.0. The van der Waals surface area contributed by atoms with Crippen molar-refractivity contribution < 1.29 is 81.2 Å². The third kappa shape index (κ3) is 18.3. The van der Waals surface area contributed by atoms with Crippen molar-refractivity contribution in [3.8, 4) is 17.6 Å². The Kier molecular flexibility index (Phi) is 24.8. The number of carbonyl (C=O) groups excluding carboxylic acids is 6. The number of ether oxygens (including phenoxy) is 10. The van der Waals surface area contributed by atoms with Crippen molar-refractivity contribution in [1.29, 1.82) is 0 Å². The Morgan fingerprint density at radius 3 is 2.29 bits per heavy atom. The highest BCUT2D eigenvalue weighted by Crippen LogP contribution is 2.52. The second-order valence-electron chi connectivity index (χ2n) is 21.0. The lowest BCUT2D eigenvalue weighted by Gasteiger charge is -2.42. The van der Waals surface area contributed by atoms with Crippen molar-refractivity contribution in [3.63, 3.8) is 0 Å². The molecule has 4 bridgehead atoms. The van der Waals surface area contributed by atoms with Gasteiger partial charge in [0.15, 0.2) is 10.8 Å². The zero-order chi connectivity index (χ0) is 58.0. The summed E-state index contributed by atoms with van der Waals surface area (Å²) < 4.78 is 56.9. The highest BCUT2D eigenvalue weighted by molar-refractivity contribution is 8.13. The number of nitrogens with zero attached hydrogens (tertiary/aromatic N) is 2. The number of rotatable bonds is 25. The molecule has 0 aromatic heterocycles. The summed E-state index contributed by atoms with van der Waals surface area (Å²) >= 11 is 7.80. The number of benzene rings is 1. The summed E-state index contributed by atoms with van der Waals surface area (Å²) in [4.78, 5) is 82.0. The smallest absolute Gasteiger partial charge is 0.409 e. The van der Waals surface area contributed by atoms with Gasteiger partial charge in [-0.2, -0.15) is 0 Å². The summed E-state index contributed by atoms with van der Waals surface area (Å²) in [5.41, 5.74) is -1.13. The van der Waals surface area contributed by atoms with E-state index in [4.69, 9.17) is 59.0 Å². The van der Waals surface area contributed by atoms with Crippen LogP contribution in [0.4, 0.5) is 15.3 Å². The van der Waals surface area contributed by atoms with E-state index >= 15 is 0 Å². The normalized spacial score (nSPS) is 28.7. The summed E-state index contributed by atoms with van der Waals surface area (Å²) in [7, 11) is 5.90. The number of thioether (sulfide) groups is 1. The molecule has 6 rings (SSSR count). The van der Waals surface area contributed by atoms with Gasteiger partial charge in [-0.05, 0) is 75.5 Å². The number of anilines is 1. The van der Waals surface area contributed by atoms with Crippen LogP contribution >= 0.6 is 23.4 Å². The minimum atomic E-state index is -1.87. The molecule has 5 aliphatic rings. The van der Waals surface area contributed by atoms with Gasteiger partial charge in [0.25, 0.3) is 0 Å². The first-order valence-corrected chi connectivity index (χ1v) is 28.8. The van der Waals surface area contributed by atoms with Crippen molar-refractivity contribution in [2.45, 2.75) is 127 Å². The molecule has 23 heteroatoms. The molecule has 80 heavy (non-hydrogen) atoms. The molecule has 3 N–H and O–H groups in total. The fourth-order valence-electron chi connectivity index (χ4n) is 10.4. The number of epoxide rings is 1. The molecular weight excluding hydrogens is 1080 g/mol. The molecule has 0 spiro atoms. The average molecular weight is 1160 g/mol. The predicted molar refractivity (Wildman–Crippen MR) is 297 cm³/mol. The Balaban J connectivity index is 0.891. The van der Waals surface area contributed by atoms with Crippen LogP contribution in [0.5, 0.6) is 5.75 Å². The van der Waals surface area contributed by atoms with E-state index in [2.05, 4.69) is 22.5 Å². The molecular formula is C57H81ClN4O17S. The first-order chi connectivity index (χ1) is 38.3. The summed E-state index contributed by atoms with van der Waals surface area (Å²) in [6, 6.07) is 2.44. The molecule has 3 fully saturated rings. The average Bonchev–Trinajstić information content (AvgIpc) is 4.37. The molecule has 2 saturated heterocycles. The SMILES string of the molecule is COc1cc2cc(c1Cl)N(C)C(=O)C[C@H](OC(=O)[C@@H](C)N(C)C(=O)CCSC(=O)CCOCCOCCOCCOCCNC(=O)OCC1[C@H]3CCC#CCC[C@@H]13)[C@]1(C)O[C@H]1[C@H](C)C1C[C@@](O)(NC(=O)O1)[C@H](OC)/C=C/C=C(\C)C2. The molecule has 3 heterocycles. The molecule has 2 aliphatic carbocycles. The van der Waals surface area contributed by atoms with Crippen LogP contribution in [0.2, 0.25) is 5.02 Å². The van der Waals surface area contributed by atoms with Crippen LogP contribution in [0.25, 0.3) is 0 Å². The minimum Gasteiger partial charge on any atom is -0.495 e. The van der Waals surface area contributed by atoms with Crippen molar-refractivity contribution in [2.24, 2.45) is 23.7 Å². The molecule has 1 saturated carbocycles. The van der Waals surface area contributed by atoms with Gasteiger partial charge in [-0.15, -0.1) is 11.8 Å². The molecule has 1 aromatic rings. The lowest BCUT2D eigenvalue weighted by atomic mass is 9.83. The van der Waals surface area contributed by atoms with Crippen LogP contribution in [0, 0.1) is 35.5 Å². The molecule has 4 amide bonds. The number of halogens is 1. The highest BCUT2D eigenvalue weighted by atomic mass is 35.5. The van der Waals surface area contributed by atoms with Gasteiger partial charge in [0, 0.05) is 71.5 Å². The Bertz CT molecular complexity index is 2420. The quantitative estimate of drug-likeness (QED) is 0.0345. The van der Waals surface area contributed by atoms with E-state index in [0.29, 0.717) is 88.4 Å². The second-order valence-corrected chi connectivity index (χ2v) is 22.6. The van der Waals surface area contributed by atoms with E-state index < -0.39 is 77.7 Å². The Morgan fingerprint density at radius 2 is 1.64 bits per heavy atom. The van der Waals surface area contributed by atoms with Gasteiger partial charge < -0.3 is 67.6 Å². The topological polar surface area (TPSA) is 249 Å². The largest absolute Gasteiger partial charge is 0.495 e. The number of allylic oxidation sites excluding steroid dienone is 3. The molecule has 444 valence electrons. The maximum atomic E-state index is 14.3. The number of alkyl carbamates (subject to hydrolysis) is 2. The summed E-state index contributed by atoms with van der Waals surface area (Å²) in [5.74, 6) is 6.31. The number of hydrogen-bond acceptors (Lipinski definition) is 18. The van der Waals surface area contributed by atoms with E-state index in [1.807, 2.05) is 13.0 Å². The molecule has 1 aromatic carbocycles. The Morgan fingerprint density at radius 1 is 0.988 bits per heavy atom. The fourth-order valence-corrected chi connectivity index (χ4v) is 11.4. The third-order valence-electron chi connectivity index (χ3n) is 15.4. The number of fused-ring (bicyclic) bond motifs is 6. The second kappa shape index (κ2) is 30.9. The number of amides is 4. The van der Waals surface area contributed by atoms with Crippen LogP contribution in [-0.4, -0.2) is 187 Å². The standard InChI is InChI=1S/C57H81ClN4O17S/c1-36-14-13-17-46(71-8)57(69)34-45(77-55(68)60-57)37(2)52-56(4,79-52)47(33-49(64)62(6)43-31-39(30-36)32-44(70-7)51(43)58)78-53(66)38(3)61(5)48(63)19-29-80-50(65)18-21-72-23-25-74-27-28-75-26-24-73-22-20-59-54(67)76-35-42-40-15-11-9-10-12-16-41(40)42/h13-14,17,31-32,37-38,40-42,45-47,52,69H,11-12,15-16,18-30,33-35H2,1-8H3,(H,59,67)(H,60,68)/b17-13+,36-14+/t37-,38-,40-,41+,42?,45?,46-,47+,52+,56+,57+/m1/s1. The molecule has 2 unspecified atom stereocenters. The maximum Gasteiger partial charge on any atom is 0.409 e. The van der Waals surface area contributed by atoms with Crippen LogP contribution in [0.15, 0.2) is 35.9 Å². The lowest BCUT2D eigenvalue weighted by Crippen LogP contribution is -2.63. The predicted octanol–water partition coefficient (Wildman–Crippen LogP) is 5.79. The van der Waals surface area contributed by atoms with E-state index in [-0.39, 0.29) is 54.8 Å². The van der Waals surface area contributed by atoms with Crippen LogP contribution in [0.3, 0.4) is 0 Å². The third-order valence-corrected chi connectivity index (χ3v) is 16.7. The molecule has 0 radical (unpaired) electrons. The number of esters is 1. The van der Waals surface area contributed by atoms with Crippen molar-refractivity contribution >= 4 is 64.1 Å². The van der Waals surface area contributed by atoms with Gasteiger partial charge in [0.2, 0.25) is 11.8 Å². The van der Waals surface area contributed by atoms with Crippen molar-refractivity contribution in [1.82, 2.24) is 15.5 Å². The highest BCUT2D eigenvalue weighted by Gasteiger charge is 2.64. The maximum absolute atomic E-state index is 14.3. The zero-order valence-electron chi connectivity index (χ0n) is 47.4. The number of carbonyl (C=O) groups is 6. The number of aliphatic hydroxyl groups is 1. The van der Waals surface area contributed by atoms with E-state index in [9.17, 15) is 33.9 Å². The number of hydrogen-bond donors (Lipinski definition) is 3. The van der Waals surface area contributed by atoms with Crippen LogP contribution in [-0.2, 0) is 68.2 Å². The minimum absolute atomic E-state index is 0.0496. The van der Waals surface area contributed by atoms with Gasteiger partial charge in [-0.3, -0.25) is 19.7 Å². The van der Waals surface area contributed by atoms with Gasteiger partial charge in [-0.1, -0.05) is 54.1 Å². The fraction of sp³-hybridized carbons (Fsp3) is 0.684.